The topological polar surface area (TPSA) is 6.48 Å². The van der Waals surface area contributed by atoms with Crippen LogP contribution in [-0.2, 0) is 16.2 Å². The Labute approximate surface area is 381 Å². The van der Waals surface area contributed by atoms with E-state index in [2.05, 4.69) is 242 Å². The first-order chi connectivity index (χ1) is 30.7. The second kappa shape index (κ2) is 14.5. The van der Waals surface area contributed by atoms with E-state index >= 15 is 0 Å². The van der Waals surface area contributed by atoms with Gasteiger partial charge in [-0.3, -0.25) is 0 Å². The van der Waals surface area contributed by atoms with E-state index in [4.69, 9.17) is 0 Å². The quantitative estimate of drug-likeness (QED) is 0.160. The van der Waals surface area contributed by atoms with E-state index in [0.717, 1.165) is 6.42 Å². The van der Waals surface area contributed by atoms with Crippen molar-refractivity contribution in [2.24, 2.45) is 0 Å². The number of anilines is 6. The lowest BCUT2D eigenvalue weighted by Gasteiger charge is -2.45. The minimum absolute atomic E-state index is 0.00297. The minimum atomic E-state index is -0.0149. The fourth-order valence-electron chi connectivity index (χ4n) is 11.6. The molecule has 2 nitrogen and oxygen atoms in total. The zero-order valence-corrected chi connectivity index (χ0v) is 38.8. The van der Waals surface area contributed by atoms with Gasteiger partial charge in [0.05, 0.1) is 5.69 Å². The highest BCUT2D eigenvalue weighted by Gasteiger charge is 2.48. The van der Waals surface area contributed by atoms with Gasteiger partial charge < -0.3 is 9.80 Å². The molecule has 0 aromatic heterocycles. The lowest BCUT2D eigenvalue weighted by molar-refractivity contribution is 0.403. The molecule has 0 atom stereocenters. The number of nitrogens with zero attached hydrogens (tertiary/aromatic N) is 2. The molecule has 1 aliphatic carbocycles. The van der Waals surface area contributed by atoms with E-state index in [1.54, 1.807) is 0 Å². The first kappa shape index (κ1) is 40.2. The average Bonchev–Trinajstić information content (AvgIpc) is 3.47. The summed E-state index contributed by atoms with van der Waals surface area (Å²) in [6, 6.07) is 64.5. The molecular weight excluding hydrogens is 771 g/mol. The molecule has 0 N–H and O–H groups in total. The maximum atomic E-state index is 2.64. The second-order valence-corrected chi connectivity index (χ2v) is 21.1. The molecule has 0 saturated heterocycles. The maximum absolute atomic E-state index is 2.64. The molecule has 8 aromatic carbocycles. The van der Waals surface area contributed by atoms with Gasteiger partial charge in [-0.1, -0.05) is 176 Å². The van der Waals surface area contributed by atoms with E-state index in [1.165, 1.54) is 112 Å². The van der Waals surface area contributed by atoms with E-state index < -0.39 is 0 Å². The minimum Gasteiger partial charge on any atom is -0.311 e. The fourth-order valence-corrected chi connectivity index (χ4v) is 11.6. The van der Waals surface area contributed by atoms with Gasteiger partial charge in [-0.15, -0.1) is 0 Å². The van der Waals surface area contributed by atoms with Crippen LogP contribution in [-0.4, -0.2) is 6.71 Å². The van der Waals surface area contributed by atoms with Crippen molar-refractivity contribution >= 4 is 57.2 Å². The van der Waals surface area contributed by atoms with Crippen molar-refractivity contribution in [1.29, 1.82) is 0 Å². The van der Waals surface area contributed by atoms with Crippen molar-refractivity contribution in [2.75, 3.05) is 9.80 Å². The predicted molar refractivity (Wildman–Crippen MR) is 276 cm³/mol. The summed E-state index contributed by atoms with van der Waals surface area (Å²) >= 11 is 0. The normalized spacial score (nSPS) is 15.4. The van der Waals surface area contributed by atoms with E-state index in [-0.39, 0.29) is 23.0 Å². The number of rotatable bonds is 5. The summed E-state index contributed by atoms with van der Waals surface area (Å²) < 4.78 is 0. The van der Waals surface area contributed by atoms with Crippen LogP contribution in [0.3, 0.4) is 0 Å². The Morgan fingerprint density at radius 2 is 0.953 bits per heavy atom. The molecule has 0 radical (unpaired) electrons. The Hall–Kier alpha value is -6.58. The predicted octanol–water partition coefficient (Wildman–Crippen LogP) is 14.6. The zero-order valence-electron chi connectivity index (χ0n) is 38.8. The van der Waals surface area contributed by atoms with E-state index in [0.29, 0.717) is 0 Å². The summed E-state index contributed by atoms with van der Waals surface area (Å²) in [6.07, 6.45) is 1.11. The van der Waals surface area contributed by atoms with Crippen molar-refractivity contribution in [3.8, 4) is 33.4 Å². The molecule has 3 heteroatoms. The molecule has 0 fully saturated rings. The lowest BCUT2D eigenvalue weighted by Crippen LogP contribution is -2.61. The van der Waals surface area contributed by atoms with Gasteiger partial charge in [0, 0.05) is 34.0 Å². The number of hydrogen-bond acceptors (Lipinski definition) is 2. The Balaban J connectivity index is 1.27. The van der Waals surface area contributed by atoms with Crippen LogP contribution in [0.2, 0.25) is 0 Å². The Bertz CT molecular complexity index is 3140. The summed E-state index contributed by atoms with van der Waals surface area (Å²) in [5.41, 5.74) is 25.7. The Kier molecular flexibility index (Phi) is 9.10. The van der Waals surface area contributed by atoms with Crippen LogP contribution in [0, 0.1) is 13.8 Å². The molecule has 0 spiro atoms. The molecule has 64 heavy (non-hydrogen) atoms. The van der Waals surface area contributed by atoms with Crippen molar-refractivity contribution in [3.63, 3.8) is 0 Å². The van der Waals surface area contributed by atoms with Gasteiger partial charge in [0.25, 0.3) is 6.71 Å². The Morgan fingerprint density at radius 1 is 0.438 bits per heavy atom. The van der Waals surface area contributed by atoms with Crippen LogP contribution in [0.4, 0.5) is 34.1 Å². The molecule has 2 aliphatic heterocycles. The first-order valence-electron chi connectivity index (χ1n) is 23.2. The van der Waals surface area contributed by atoms with Gasteiger partial charge in [0.15, 0.2) is 0 Å². The molecular formula is C61H57BN2. The molecule has 0 bridgehead atoms. The standard InChI is InChI=1S/C61H57BN2/c1-39-31-56-58-57(32-39)64(54-34-45(26-25-40(54)2)42-21-15-11-16-22-42)55-37-49-48(60(6,7)38-61(49,8)9)36-51(55)62(58)50-33-44(41-19-13-10-14-20-41)27-29-53(50)63(56)52-30-28-46(59(3,4)5)35-47(52)43-23-17-12-18-24-43/h10-37H,38H2,1-9H3. The highest BCUT2D eigenvalue weighted by Crippen LogP contribution is 2.53. The monoisotopic (exact) mass is 828 g/mol. The summed E-state index contributed by atoms with van der Waals surface area (Å²) in [6.45, 7) is 21.4. The van der Waals surface area contributed by atoms with Gasteiger partial charge in [0.1, 0.15) is 0 Å². The summed E-state index contributed by atoms with van der Waals surface area (Å²) in [5.74, 6) is 0. The third-order valence-corrected chi connectivity index (χ3v) is 14.5. The van der Waals surface area contributed by atoms with Gasteiger partial charge >= 0.3 is 0 Å². The molecule has 3 aliphatic rings. The first-order valence-corrected chi connectivity index (χ1v) is 23.2. The highest BCUT2D eigenvalue weighted by molar-refractivity contribution is 7.00. The largest absolute Gasteiger partial charge is 0.311 e. The molecule has 8 aromatic rings. The number of benzene rings is 8. The summed E-state index contributed by atoms with van der Waals surface area (Å²) in [5, 5.41) is 0. The average molecular weight is 829 g/mol. The summed E-state index contributed by atoms with van der Waals surface area (Å²) in [4.78, 5) is 5.25. The van der Waals surface area contributed by atoms with Crippen LogP contribution >= 0.6 is 0 Å². The van der Waals surface area contributed by atoms with Gasteiger partial charge in [0.2, 0.25) is 0 Å². The Morgan fingerprint density at radius 3 is 1.56 bits per heavy atom. The molecule has 0 amide bonds. The molecule has 0 unspecified atom stereocenters. The van der Waals surface area contributed by atoms with Gasteiger partial charge in [-0.2, -0.15) is 0 Å². The third kappa shape index (κ3) is 6.38. The molecule has 11 rings (SSSR count). The molecule has 0 saturated carbocycles. The lowest BCUT2D eigenvalue weighted by atomic mass is 9.33. The maximum Gasteiger partial charge on any atom is 0.252 e. The van der Waals surface area contributed by atoms with Crippen LogP contribution in [0.1, 0.15) is 82.7 Å². The van der Waals surface area contributed by atoms with E-state index in [9.17, 15) is 0 Å². The molecule has 2 heterocycles. The second-order valence-electron chi connectivity index (χ2n) is 21.1. The third-order valence-electron chi connectivity index (χ3n) is 14.5. The van der Waals surface area contributed by atoms with Gasteiger partial charge in [-0.25, -0.2) is 0 Å². The number of hydrogen-bond donors (Lipinski definition) is 0. The van der Waals surface area contributed by atoms with Crippen LogP contribution in [0.5, 0.6) is 0 Å². The smallest absolute Gasteiger partial charge is 0.252 e. The highest BCUT2D eigenvalue weighted by atomic mass is 15.2. The van der Waals surface area contributed by atoms with Crippen molar-refractivity contribution in [1.82, 2.24) is 0 Å². The fraction of sp³-hybridized carbons (Fsp3) is 0.213. The van der Waals surface area contributed by atoms with Crippen LogP contribution < -0.4 is 26.2 Å². The van der Waals surface area contributed by atoms with Crippen molar-refractivity contribution in [2.45, 2.75) is 85.0 Å². The van der Waals surface area contributed by atoms with E-state index in [1.807, 2.05) is 0 Å². The van der Waals surface area contributed by atoms with Crippen molar-refractivity contribution in [3.05, 3.63) is 198 Å². The SMILES string of the molecule is Cc1cc2c3c(c1)N(c1ccc(C(C)(C)C)cc1-c1ccccc1)c1ccc(-c4ccccc4)cc1B3c1cc3c(cc1N2c1cc(-c2ccccc2)ccc1C)C(C)(C)CC3(C)C. The van der Waals surface area contributed by atoms with Crippen LogP contribution in [0.15, 0.2) is 170 Å². The summed E-state index contributed by atoms with van der Waals surface area (Å²) in [7, 11) is 0. The van der Waals surface area contributed by atoms with Crippen molar-refractivity contribution < 1.29 is 0 Å². The van der Waals surface area contributed by atoms with Gasteiger partial charge in [-0.05, 0) is 151 Å². The van der Waals surface area contributed by atoms with Crippen LogP contribution in [0.25, 0.3) is 33.4 Å². The number of aryl methyl sites for hydroxylation is 2. The molecule has 314 valence electrons. The number of fused-ring (bicyclic) bond motifs is 5. The zero-order chi connectivity index (χ0) is 44.3.